The number of carboxylic acid groups (broad SMARTS) is 1. The largest absolute Gasteiger partial charge is 0.478 e. The minimum Gasteiger partial charge on any atom is -0.478 e. The number of nitrogen functional groups attached to an aromatic ring is 1. The van der Waals surface area contributed by atoms with Crippen molar-refractivity contribution in [2.75, 3.05) is 17.2 Å². The van der Waals surface area contributed by atoms with Gasteiger partial charge in [-0.1, -0.05) is 13.8 Å². The Bertz CT molecular complexity index is 502. The lowest BCUT2D eigenvalue weighted by atomic mass is 10.0. The molecule has 0 saturated carbocycles. The summed E-state index contributed by atoms with van der Waals surface area (Å²) in [7, 11) is 0. The molecule has 1 aromatic rings. The Morgan fingerprint density at radius 1 is 1.53 bits per heavy atom. The summed E-state index contributed by atoms with van der Waals surface area (Å²) in [6.07, 6.45) is 2.03. The molecule has 4 nitrogen and oxygen atoms in total. The number of aromatic carboxylic acids is 1. The molecule has 3 N–H and O–H groups in total. The number of benzene rings is 1. The standard InChI is InChI=1S/C14H19FN2O2/c1-8(2)10-4-3-7-17(10)11-6-5-9(15)13(16)12(11)14(18)19/h5-6,8,10H,3-4,7,16H2,1-2H3,(H,18,19). The zero-order chi connectivity index (χ0) is 14.2. The molecular formula is C14H19FN2O2. The summed E-state index contributed by atoms with van der Waals surface area (Å²) in [5.41, 5.74) is 5.72. The number of carbonyl (C=O) groups is 1. The predicted molar refractivity (Wildman–Crippen MR) is 73.0 cm³/mol. The van der Waals surface area contributed by atoms with Gasteiger partial charge in [-0.15, -0.1) is 0 Å². The Balaban J connectivity index is 2.50. The van der Waals surface area contributed by atoms with Crippen LogP contribution < -0.4 is 10.6 Å². The van der Waals surface area contributed by atoms with Crippen molar-refractivity contribution in [1.82, 2.24) is 0 Å². The summed E-state index contributed by atoms with van der Waals surface area (Å²) in [5.74, 6) is -1.45. The zero-order valence-corrected chi connectivity index (χ0v) is 11.2. The van der Waals surface area contributed by atoms with Gasteiger partial charge in [0.05, 0.1) is 11.4 Å². The minimum atomic E-state index is -1.18. The molecule has 19 heavy (non-hydrogen) atoms. The molecule has 0 radical (unpaired) electrons. The monoisotopic (exact) mass is 266 g/mol. The zero-order valence-electron chi connectivity index (χ0n) is 11.2. The third kappa shape index (κ3) is 2.37. The average Bonchev–Trinajstić information content (AvgIpc) is 2.80. The Kier molecular flexibility index (Phi) is 3.64. The molecule has 1 heterocycles. The SMILES string of the molecule is CC(C)C1CCCN1c1ccc(F)c(N)c1C(=O)O. The lowest BCUT2D eigenvalue weighted by Gasteiger charge is -2.31. The van der Waals surface area contributed by atoms with Gasteiger partial charge in [0.25, 0.3) is 0 Å². The lowest BCUT2D eigenvalue weighted by Crippen LogP contribution is -2.34. The molecule has 5 heteroatoms. The predicted octanol–water partition coefficient (Wildman–Crippen LogP) is 2.73. The first kappa shape index (κ1) is 13.6. The number of hydrogen-bond donors (Lipinski definition) is 2. The van der Waals surface area contributed by atoms with Crippen molar-refractivity contribution in [3.8, 4) is 0 Å². The van der Waals surface area contributed by atoms with E-state index in [0.717, 1.165) is 19.4 Å². The highest BCUT2D eigenvalue weighted by molar-refractivity contribution is 6.00. The maximum atomic E-state index is 13.5. The van der Waals surface area contributed by atoms with E-state index in [0.29, 0.717) is 11.6 Å². The lowest BCUT2D eigenvalue weighted by molar-refractivity contribution is 0.0698. The van der Waals surface area contributed by atoms with Gasteiger partial charge in [-0.05, 0) is 30.9 Å². The number of halogens is 1. The van der Waals surface area contributed by atoms with Crippen LogP contribution in [0.25, 0.3) is 0 Å². The first-order valence-electron chi connectivity index (χ1n) is 6.51. The van der Waals surface area contributed by atoms with Crippen LogP contribution in [0.5, 0.6) is 0 Å². The van der Waals surface area contributed by atoms with E-state index in [1.807, 2.05) is 4.90 Å². The van der Waals surface area contributed by atoms with Crippen LogP contribution in [0.3, 0.4) is 0 Å². The molecule has 0 aromatic heterocycles. The summed E-state index contributed by atoms with van der Waals surface area (Å²) < 4.78 is 13.5. The van der Waals surface area contributed by atoms with Crippen molar-refractivity contribution in [2.45, 2.75) is 32.7 Å². The molecule has 1 aliphatic rings. The van der Waals surface area contributed by atoms with E-state index < -0.39 is 11.8 Å². The summed E-state index contributed by atoms with van der Waals surface area (Å²) in [5, 5.41) is 9.28. The van der Waals surface area contributed by atoms with Crippen molar-refractivity contribution in [2.24, 2.45) is 5.92 Å². The third-order valence-corrected chi connectivity index (χ3v) is 3.76. The second kappa shape index (κ2) is 5.07. The molecular weight excluding hydrogens is 247 g/mol. The molecule has 1 atom stereocenters. The topological polar surface area (TPSA) is 66.6 Å². The fraction of sp³-hybridized carbons (Fsp3) is 0.500. The second-order valence-electron chi connectivity index (χ2n) is 5.31. The van der Waals surface area contributed by atoms with Gasteiger partial charge in [0.1, 0.15) is 11.4 Å². The molecule has 1 aliphatic heterocycles. The molecule has 1 aromatic carbocycles. The maximum absolute atomic E-state index is 13.5. The van der Waals surface area contributed by atoms with Crippen LogP contribution in [-0.4, -0.2) is 23.7 Å². The summed E-state index contributed by atoms with van der Waals surface area (Å²) in [4.78, 5) is 13.4. The average molecular weight is 266 g/mol. The Morgan fingerprint density at radius 2 is 2.21 bits per heavy atom. The van der Waals surface area contributed by atoms with E-state index in [4.69, 9.17) is 5.73 Å². The van der Waals surface area contributed by atoms with Crippen LogP contribution in [-0.2, 0) is 0 Å². The molecule has 0 bridgehead atoms. The van der Waals surface area contributed by atoms with Crippen LogP contribution in [0.15, 0.2) is 12.1 Å². The molecule has 1 saturated heterocycles. The third-order valence-electron chi connectivity index (χ3n) is 3.76. The van der Waals surface area contributed by atoms with Gasteiger partial charge < -0.3 is 15.7 Å². The Hall–Kier alpha value is -1.78. The highest BCUT2D eigenvalue weighted by Gasteiger charge is 2.31. The fourth-order valence-electron chi connectivity index (χ4n) is 2.83. The van der Waals surface area contributed by atoms with E-state index in [2.05, 4.69) is 13.8 Å². The maximum Gasteiger partial charge on any atom is 0.340 e. The summed E-state index contributed by atoms with van der Waals surface area (Å²) in [6, 6.07) is 3.05. The molecule has 0 aliphatic carbocycles. The van der Waals surface area contributed by atoms with Gasteiger partial charge in [-0.3, -0.25) is 0 Å². The number of carboxylic acids is 1. The van der Waals surface area contributed by atoms with Gasteiger partial charge in [0.15, 0.2) is 0 Å². The second-order valence-corrected chi connectivity index (χ2v) is 5.31. The Labute approximate surface area is 112 Å². The number of nitrogens with two attached hydrogens (primary N) is 1. The van der Waals surface area contributed by atoms with Crippen molar-refractivity contribution in [3.05, 3.63) is 23.5 Å². The quantitative estimate of drug-likeness (QED) is 0.825. The fourth-order valence-corrected chi connectivity index (χ4v) is 2.83. The van der Waals surface area contributed by atoms with Crippen LogP contribution >= 0.6 is 0 Å². The molecule has 0 spiro atoms. The van der Waals surface area contributed by atoms with E-state index in [1.165, 1.54) is 12.1 Å². The van der Waals surface area contributed by atoms with Gasteiger partial charge in [0.2, 0.25) is 0 Å². The van der Waals surface area contributed by atoms with Crippen LogP contribution in [0, 0.1) is 11.7 Å². The van der Waals surface area contributed by atoms with E-state index in [1.54, 1.807) is 0 Å². The van der Waals surface area contributed by atoms with E-state index >= 15 is 0 Å². The normalized spacial score (nSPS) is 19.2. The first-order chi connectivity index (χ1) is 8.93. The minimum absolute atomic E-state index is 0.118. The smallest absolute Gasteiger partial charge is 0.340 e. The summed E-state index contributed by atoms with van der Waals surface area (Å²) in [6.45, 7) is 5.00. The van der Waals surface area contributed by atoms with Crippen LogP contribution in [0.2, 0.25) is 0 Å². The van der Waals surface area contributed by atoms with E-state index in [9.17, 15) is 14.3 Å². The first-order valence-corrected chi connectivity index (χ1v) is 6.51. The number of rotatable bonds is 3. The summed E-state index contributed by atoms with van der Waals surface area (Å²) >= 11 is 0. The van der Waals surface area contributed by atoms with Crippen molar-refractivity contribution < 1.29 is 14.3 Å². The number of anilines is 2. The molecule has 104 valence electrons. The van der Waals surface area contributed by atoms with Gasteiger partial charge in [0, 0.05) is 12.6 Å². The van der Waals surface area contributed by atoms with E-state index in [-0.39, 0.29) is 17.3 Å². The number of nitrogens with zero attached hydrogens (tertiary/aromatic N) is 1. The number of hydrogen-bond acceptors (Lipinski definition) is 3. The van der Waals surface area contributed by atoms with Gasteiger partial charge in [-0.2, -0.15) is 0 Å². The van der Waals surface area contributed by atoms with Gasteiger partial charge in [-0.25, -0.2) is 9.18 Å². The van der Waals surface area contributed by atoms with Crippen molar-refractivity contribution in [3.63, 3.8) is 0 Å². The molecule has 0 amide bonds. The Morgan fingerprint density at radius 3 is 2.79 bits per heavy atom. The molecule has 1 unspecified atom stereocenters. The van der Waals surface area contributed by atoms with Crippen molar-refractivity contribution >= 4 is 17.3 Å². The van der Waals surface area contributed by atoms with Gasteiger partial charge >= 0.3 is 5.97 Å². The van der Waals surface area contributed by atoms with Crippen LogP contribution in [0.1, 0.15) is 37.0 Å². The van der Waals surface area contributed by atoms with Crippen LogP contribution in [0.4, 0.5) is 15.8 Å². The highest BCUT2D eigenvalue weighted by Crippen LogP contribution is 2.35. The highest BCUT2D eigenvalue weighted by atomic mass is 19.1. The van der Waals surface area contributed by atoms with Crippen molar-refractivity contribution in [1.29, 1.82) is 0 Å². The molecule has 2 rings (SSSR count). The molecule has 1 fully saturated rings.